The van der Waals surface area contributed by atoms with E-state index in [4.69, 9.17) is 11.6 Å². The van der Waals surface area contributed by atoms with Crippen molar-refractivity contribution in [3.8, 4) is 0 Å². The van der Waals surface area contributed by atoms with Crippen molar-refractivity contribution >= 4 is 34.5 Å². The Labute approximate surface area is 165 Å². The Hall–Kier alpha value is -2.35. The van der Waals surface area contributed by atoms with Crippen molar-refractivity contribution in [1.29, 1.82) is 0 Å². The molecule has 2 aromatic carbocycles. The van der Waals surface area contributed by atoms with Crippen LogP contribution in [0.3, 0.4) is 0 Å². The third-order valence-electron chi connectivity index (χ3n) is 3.87. The number of halogens is 2. The number of amides is 1. The standard InChI is InChI=1S/C19H18ClFN4OS/c1-12-6-8-13(9-7-12)22-18(26)19-24-23-17(27-19)11-25(2)10-14-15(20)4-3-5-16(14)21/h3-9H,10-11H2,1-2H3,(H,22,26). The molecule has 0 aliphatic heterocycles. The highest BCUT2D eigenvalue weighted by atomic mass is 35.5. The molecule has 0 bridgehead atoms. The molecule has 3 aromatic rings. The lowest BCUT2D eigenvalue weighted by Crippen LogP contribution is -2.18. The van der Waals surface area contributed by atoms with Crippen LogP contribution < -0.4 is 5.32 Å². The van der Waals surface area contributed by atoms with Gasteiger partial charge in [0.05, 0.1) is 6.54 Å². The van der Waals surface area contributed by atoms with Gasteiger partial charge in [0.2, 0.25) is 5.01 Å². The lowest BCUT2D eigenvalue weighted by molar-refractivity contribution is 0.102. The minimum absolute atomic E-state index is 0.280. The third kappa shape index (κ3) is 5.09. The van der Waals surface area contributed by atoms with E-state index in [1.54, 1.807) is 12.1 Å². The fourth-order valence-corrected chi connectivity index (χ4v) is 3.51. The van der Waals surface area contributed by atoms with Crippen LogP contribution >= 0.6 is 22.9 Å². The van der Waals surface area contributed by atoms with E-state index in [0.717, 1.165) is 5.56 Å². The van der Waals surface area contributed by atoms with Crippen LogP contribution in [-0.2, 0) is 13.1 Å². The predicted molar refractivity (Wildman–Crippen MR) is 106 cm³/mol. The molecule has 5 nitrogen and oxygen atoms in total. The summed E-state index contributed by atoms with van der Waals surface area (Å²) in [5.74, 6) is -0.646. The van der Waals surface area contributed by atoms with Gasteiger partial charge in [0.25, 0.3) is 5.91 Å². The van der Waals surface area contributed by atoms with Gasteiger partial charge in [-0.1, -0.05) is 46.7 Å². The van der Waals surface area contributed by atoms with E-state index in [9.17, 15) is 9.18 Å². The van der Waals surface area contributed by atoms with E-state index in [1.807, 2.05) is 43.1 Å². The minimum atomic E-state index is -0.343. The van der Waals surface area contributed by atoms with E-state index < -0.39 is 0 Å². The largest absolute Gasteiger partial charge is 0.320 e. The maximum Gasteiger partial charge on any atom is 0.286 e. The second kappa shape index (κ2) is 8.56. The Balaban J connectivity index is 1.61. The molecule has 0 aliphatic carbocycles. The van der Waals surface area contributed by atoms with E-state index in [0.29, 0.717) is 34.4 Å². The number of carbonyl (C=O) groups is 1. The van der Waals surface area contributed by atoms with E-state index in [-0.39, 0.29) is 16.7 Å². The molecule has 1 N–H and O–H groups in total. The van der Waals surface area contributed by atoms with Crippen molar-refractivity contribution in [2.45, 2.75) is 20.0 Å². The molecule has 1 heterocycles. The number of carbonyl (C=O) groups excluding carboxylic acids is 1. The number of anilines is 1. The minimum Gasteiger partial charge on any atom is -0.320 e. The van der Waals surface area contributed by atoms with Gasteiger partial charge in [-0.25, -0.2) is 4.39 Å². The zero-order valence-electron chi connectivity index (χ0n) is 14.9. The van der Waals surface area contributed by atoms with Crippen molar-refractivity contribution in [2.24, 2.45) is 0 Å². The van der Waals surface area contributed by atoms with Crippen molar-refractivity contribution in [2.75, 3.05) is 12.4 Å². The number of nitrogens with zero attached hydrogens (tertiary/aromatic N) is 3. The first kappa shape index (κ1) is 19.4. The fraction of sp³-hybridized carbons (Fsp3) is 0.211. The molecule has 1 aromatic heterocycles. The van der Waals surface area contributed by atoms with Gasteiger partial charge >= 0.3 is 0 Å². The highest BCUT2D eigenvalue weighted by Crippen LogP contribution is 2.22. The number of hydrogen-bond donors (Lipinski definition) is 1. The number of hydrogen-bond acceptors (Lipinski definition) is 5. The molecule has 0 radical (unpaired) electrons. The van der Waals surface area contributed by atoms with Gasteiger partial charge in [0, 0.05) is 22.8 Å². The number of aromatic nitrogens is 2. The summed E-state index contributed by atoms with van der Waals surface area (Å²) in [5, 5.41) is 12.1. The smallest absolute Gasteiger partial charge is 0.286 e. The molecule has 3 rings (SSSR count). The highest BCUT2D eigenvalue weighted by Gasteiger charge is 2.16. The number of nitrogens with one attached hydrogen (secondary N) is 1. The van der Waals surface area contributed by atoms with Gasteiger partial charge in [-0.2, -0.15) is 0 Å². The average molecular weight is 405 g/mol. The summed E-state index contributed by atoms with van der Waals surface area (Å²) in [6.45, 7) is 2.74. The maximum atomic E-state index is 13.9. The molecule has 0 unspecified atom stereocenters. The van der Waals surface area contributed by atoms with Crippen LogP contribution in [0.1, 0.15) is 25.9 Å². The van der Waals surface area contributed by atoms with Gasteiger partial charge < -0.3 is 5.32 Å². The number of rotatable bonds is 6. The van der Waals surface area contributed by atoms with Crippen molar-refractivity contribution < 1.29 is 9.18 Å². The zero-order chi connectivity index (χ0) is 19.4. The summed E-state index contributed by atoms with van der Waals surface area (Å²) in [4.78, 5) is 14.2. The molecule has 0 spiro atoms. The summed E-state index contributed by atoms with van der Waals surface area (Å²) in [6.07, 6.45) is 0. The lowest BCUT2D eigenvalue weighted by Gasteiger charge is -2.16. The first-order valence-corrected chi connectivity index (χ1v) is 9.43. The quantitative estimate of drug-likeness (QED) is 0.656. The molecule has 0 saturated heterocycles. The van der Waals surface area contributed by atoms with Crippen molar-refractivity contribution in [3.63, 3.8) is 0 Å². The molecule has 0 atom stereocenters. The Morgan fingerprint density at radius 1 is 1.19 bits per heavy atom. The summed E-state index contributed by atoms with van der Waals surface area (Å²) < 4.78 is 13.9. The van der Waals surface area contributed by atoms with Gasteiger partial charge in [-0.05, 0) is 38.2 Å². The topological polar surface area (TPSA) is 58.1 Å². The summed E-state index contributed by atoms with van der Waals surface area (Å²) in [6, 6.07) is 12.1. The Kier molecular flexibility index (Phi) is 6.15. The first-order chi connectivity index (χ1) is 12.9. The molecular formula is C19H18ClFN4OS. The second-order valence-electron chi connectivity index (χ2n) is 6.19. The third-order valence-corrected chi connectivity index (χ3v) is 5.13. The summed E-state index contributed by atoms with van der Waals surface area (Å²) >= 11 is 7.27. The fourth-order valence-electron chi connectivity index (χ4n) is 2.47. The lowest BCUT2D eigenvalue weighted by atomic mass is 10.2. The molecule has 8 heteroatoms. The molecule has 0 aliphatic rings. The molecular weight excluding hydrogens is 387 g/mol. The van der Waals surface area contributed by atoms with Crippen LogP contribution in [0.25, 0.3) is 0 Å². The Morgan fingerprint density at radius 2 is 1.93 bits per heavy atom. The van der Waals surface area contributed by atoms with Crippen LogP contribution in [0.5, 0.6) is 0 Å². The van der Waals surface area contributed by atoms with Gasteiger partial charge in [-0.15, -0.1) is 10.2 Å². The Morgan fingerprint density at radius 3 is 2.63 bits per heavy atom. The van der Waals surface area contributed by atoms with E-state index in [2.05, 4.69) is 15.5 Å². The van der Waals surface area contributed by atoms with Crippen LogP contribution in [0.4, 0.5) is 10.1 Å². The maximum absolute atomic E-state index is 13.9. The Bertz CT molecular complexity index is 925. The number of aryl methyl sites for hydroxylation is 1. The normalized spacial score (nSPS) is 11.0. The SMILES string of the molecule is Cc1ccc(NC(=O)c2nnc(CN(C)Cc3c(F)cccc3Cl)s2)cc1. The van der Waals surface area contributed by atoms with Crippen LogP contribution in [0.15, 0.2) is 42.5 Å². The molecule has 0 saturated carbocycles. The van der Waals surface area contributed by atoms with Gasteiger partial charge in [0.15, 0.2) is 0 Å². The second-order valence-corrected chi connectivity index (χ2v) is 7.66. The summed E-state index contributed by atoms with van der Waals surface area (Å²) in [7, 11) is 1.83. The zero-order valence-corrected chi connectivity index (χ0v) is 16.4. The van der Waals surface area contributed by atoms with Gasteiger partial charge in [0.1, 0.15) is 10.8 Å². The van der Waals surface area contributed by atoms with Gasteiger partial charge in [-0.3, -0.25) is 9.69 Å². The van der Waals surface area contributed by atoms with E-state index >= 15 is 0 Å². The van der Waals surface area contributed by atoms with Crippen LogP contribution in [0.2, 0.25) is 5.02 Å². The highest BCUT2D eigenvalue weighted by molar-refractivity contribution is 7.13. The molecule has 0 fully saturated rings. The average Bonchev–Trinajstić information content (AvgIpc) is 3.09. The van der Waals surface area contributed by atoms with Crippen molar-refractivity contribution in [1.82, 2.24) is 15.1 Å². The number of benzene rings is 2. The van der Waals surface area contributed by atoms with Crippen LogP contribution in [0, 0.1) is 12.7 Å². The van der Waals surface area contributed by atoms with E-state index in [1.165, 1.54) is 17.4 Å². The van der Waals surface area contributed by atoms with Crippen LogP contribution in [-0.4, -0.2) is 28.1 Å². The molecule has 140 valence electrons. The summed E-state index contributed by atoms with van der Waals surface area (Å²) in [5.41, 5.74) is 2.25. The predicted octanol–water partition coefficient (Wildman–Crippen LogP) is 4.52. The van der Waals surface area contributed by atoms with Crippen molar-refractivity contribution in [3.05, 3.63) is 74.4 Å². The first-order valence-electron chi connectivity index (χ1n) is 8.24. The monoisotopic (exact) mass is 404 g/mol. The molecule has 27 heavy (non-hydrogen) atoms. The molecule has 1 amide bonds.